The van der Waals surface area contributed by atoms with E-state index >= 15 is 4.39 Å². The molecule has 4 amide bonds. The number of halogens is 1. The Morgan fingerprint density at radius 2 is 1.65 bits per heavy atom. The van der Waals surface area contributed by atoms with E-state index in [-0.39, 0.29) is 36.0 Å². The van der Waals surface area contributed by atoms with Gasteiger partial charge in [-0.05, 0) is 150 Å². The fraction of sp³-hybridized carbons (Fsp3) is 0.472. The summed E-state index contributed by atoms with van der Waals surface area (Å²) in [6.07, 6.45) is 7.72. The molecule has 3 aromatic heterocycles. The van der Waals surface area contributed by atoms with Crippen molar-refractivity contribution >= 4 is 52.0 Å². The van der Waals surface area contributed by atoms with Crippen LogP contribution in [0.1, 0.15) is 93.8 Å². The first-order chi connectivity index (χ1) is 33.1. The Morgan fingerprint density at radius 1 is 0.884 bits per heavy atom. The summed E-state index contributed by atoms with van der Waals surface area (Å²) in [6, 6.07) is 21.0. The molecule has 69 heavy (non-hydrogen) atoms. The molecule has 2 atom stereocenters. The Labute approximate surface area is 403 Å². The van der Waals surface area contributed by atoms with Gasteiger partial charge in [0.1, 0.15) is 28.9 Å². The third kappa shape index (κ3) is 11.2. The zero-order valence-electron chi connectivity index (χ0n) is 40.5. The van der Waals surface area contributed by atoms with E-state index in [1.165, 1.54) is 17.3 Å². The molecule has 4 aliphatic heterocycles. The number of imide groups is 1. The maximum atomic E-state index is 15.4. The lowest BCUT2D eigenvalue weighted by Gasteiger charge is -2.43. The lowest BCUT2D eigenvalue weighted by atomic mass is 9.88. The van der Waals surface area contributed by atoms with E-state index in [9.17, 15) is 19.2 Å². The van der Waals surface area contributed by atoms with Crippen LogP contribution in [0.3, 0.4) is 0 Å². The normalized spacial score (nSPS) is 20.3. The third-order valence-electron chi connectivity index (χ3n) is 14.4. The number of anilines is 3. The van der Waals surface area contributed by atoms with Crippen molar-refractivity contribution in [2.75, 3.05) is 67.9 Å². The number of nitrogens with one attached hydrogen (secondary N) is 3. The largest absolute Gasteiger partial charge is 0.444 e. The number of benzene rings is 2. The van der Waals surface area contributed by atoms with Crippen LogP contribution in [0.2, 0.25) is 0 Å². The van der Waals surface area contributed by atoms with Crippen LogP contribution >= 0.6 is 0 Å². The molecule has 4 saturated heterocycles. The van der Waals surface area contributed by atoms with Crippen LogP contribution in [0.5, 0.6) is 0 Å². The molecule has 9 rings (SSSR count). The molecule has 16 heteroatoms. The average molecular weight is 941 g/mol. The van der Waals surface area contributed by atoms with E-state index in [0.29, 0.717) is 48.5 Å². The van der Waals surface area contributed by atoms with Gasteiger partial charge in [0.25, 0.3) is 5.91 Å². The Balaban J connectivity index is 0.713. The summed E-state index contributed by atoms with van der Waals surface area (Å²) < 4.78 is 22.9. The number of piperazine rings is 1. The number of aromatic nitrogens is 3. The van der Waals surface area contributed by atoms with Crippen molar-refractivity contribution in [2.45, 2.75) is 96.4 Å². The first-order valence-corrected chi connectivity index (χ1v) is 24.5. The number of hydrogen-bond acceptors (Lipinski definition) is 11. The molecule has 0 aliphatic carbocycles. The zero-order valence-corrected chi connectivity index (χ0v) is 40.5. The lowest BCUT2D eigenvalue weighted by molar-refractivity contribution is -0.133. The molecule has 0 bridgehead atoms. The lowest BCUT2D eigenvalue weighted by Crippen LogP contribution is -2.54. The topological polar surface area (TPSA) is 157 Å². The summed E-state index contributed by atoms with van der Waals surface area (Å²) in [5, 5.41) is 9.17. The standard InChI is InChI=1S/C53H65FN10O5/c1-34-31-64(46-13-11-40(28-44(46)54)57-45-12-15-48(65)59-50(45)66)27-26-63(34)32-35-17-24-62(25-18-35)51(67)38-8-6-36(7-9-38)37-19-22-61(23-20-37)33-41-29-43-42(16-21-55-49(43)60(41)5)39-10-14-47(56-30-39)58-52(68)69-53(2,3)4/h6-11,13-14,16,21,28-30,34-35,37,45,57H,12,15,17-20,22-27,31-33H2,1-5H3,(H,56,58,68)(H,59,65,66). The highest BCUT2D eigenvalue weighted by Gasteiger charge is 2.32. The van der Waals surface area contributed by atoms with Gasteiger partial charge in [0.15, 0.2) is 0 Å². The molecule has 15 nitrogen and oxygen atoms in total. The highest BCUT2D eigenvalue weighted by Crippen LogP contribution is 2.34. The number of likely N-dealkylation sites (tertiary alicyclic amines) is 2. The van der Waals surface area contributed by atoms with Crippen LogP contribution in [0, 0.1) is 11.7 Å². The van der Waals surface area contributed by atoms with Crippen molar-refractivity contribution in [3.05, 3.63) is 102 Å². The number of piperidine rings is 3. The van der Waals surface area contributed by atoms with Gasteiger partial charge >= 0.3 is 6.09 Å². The van der Waals surface area contributed by atoms with Gasteiger partial charge in [-0.3, -0.25) is 34.8 Å². The van der Waals surface area contributed by atoms with Crippen molar-refractivity contribution in [3.63, 3.8) is 0 Å². The van der Waals surface area contributed by atoms with Gasteiger partial charge in [0.05, 0.1) is 5.69 Å². The molecule has 4 fully saturated rings. The SMILES string of the molecule is CC1CN(c2ccc(NC3CCC(=O)NC3=O)cc2F)CCN1CC1CCN(C(=O)c2ccc(C3CCN(Cc4cc5c(-c6ccc(NC(=O)OC(C)(C)C)nc6)ccnc5n4C)CC3)cc2)CC1. The van der Waals surface area contributed by atoms with E-state index in [0.717, 1.165) is 99.2 Å². The molecule has 0 radical (unpaired) electrons. The van der Waals surface area contributed by atoms with Gasteiger partial charge in [-0.2, -0.15) is 0 Å². The van der Waals surface area contributed by atoms with Gasteiger partial charge in [-0.15, -0.1) is 0 Å². The van der Waals surface area contributed by atoms with Crippen molar-refractivity contribution < 1.29 is 28.3 Å². The zero-order chi connectivity index (χ0) is 48.4. The minimum Gasteiger partial charge on any atom is -0.444 e. The minimum atomic E-state index is -0.597. The predicted octanol–water partition coefficient (Wildman–Crippen LogP) is 7.78. The molecular weight excluding hydrogens is 876 g/mol. The summed E-state index contributed by atoms with van der Waals surface area (Å²) in [7, 11) is 2.07. The van der Waals surface area contributed by atoms with Crippen LogP contribution in [-0.2, 0) is 27.9 Å². The number of carbonyl (C=O) groups excluding carboxylic acids is 4. The third-order valence-corrected chi connectivity index (χ3v) is 14.4. The van der Waals surface area contributed by atoms with Crippen molar-refractivity contribution in [1.29, 1.82) is 0 Å². The number of ether oxygens (including phenoxy) is 1. The van der Waals surface area contributed by atoms with Crippen LogP contribution in [0.4, 0.5) is 26.4 Å². The first kappa shape index (κ1) is 47.7. The van der Waals surface area contributed by atoms with E-state index < -0.39 is 17.7 Å². The molecule has 2 unspecified atom stereocenters. The number of carbonyl (C=O) groups is 4. The molecule has 0 saturated carbocycles. The molecule has 4 aliphatic rings. The summed E-state index contributed by atoms with van der Waals surface area (Å²) >= 11 is 0. The molecular formula is C53H65FN10O5. The van der Waals surface area contributed by atoms with Crippen LogP contribution in [0.15, 0.2) is 79.1 Å². The summed E-state index contributed by atoms with van der Waals surface area (Å²) in [5.74, 6) is 0.479. The highest BCUT2D eigenvalue weighted by molar-refractivity contribution is 6.01. The Hall–Kier alpha value is -6.39. The Bertz CT molecular complexity index is 2670. The molecule has 5 aromatic rings. The number of rotatable bonds is 11. The second-order valence-electron chi connectivity index (χ2n) is 20.4. The number of amides is 4. The average Bonchev–Trinajstić information content (AvgIpc) is 3.64. The van der Waals surface area contributed by atoms with E-state index in [1.54, 1.807) is 24.4 Å². The quantitative estimate of drug-likeness (QED) is 0.111. The van der Waals surface area contributed by atoms with Crippen molar-refractivity contribution in [2.24, 2.45) is 13.0 Å². The predicted molar refractivity (Wildman–Crippen MR) is 266 cm³/mol. The smallest absolute Gasteiger partial charge is 0.413 e. The Kier molecular flexibility index (Phi) is 14.0. The highest BCUT2D eigenvalue weighted by atomic mass is 19.1. The van der Waals surface area contributed by atoms with Crippen molar-refractivity contribution in [1.82, 2.24) is 34.6 Å². The molecule has 3 N–H and O–H groups in total. The molecule has 2 aromatic carbocycles. The summed E-state index contributed by atoms with van der Waals surface area (Å²) in [4.78, 5) is 67.9. The number of nitrogens with zero attached hydrogens (tertiary/aromatic N) is 7. The maximum Gasteiger partial charge on any atom is 0.413 e. The second kappa shape index (κ2) is 20.3. The number of pyridine rings is 2. The first-order valence-electron chi connectivity index (χ1n) is 24.5. The van der Waals surface area contributed by atoms with Crippen molar-refractivity contribution in [3.8, 4) is 11.1 Å². The Morgan fingerprint density at radius 3 is 2.33 bits per heavy atom. The molecule has 0 spiro atoms. The van der Waals surface area contributed by atoms with E-state index in [1.807, 2.05) is 56.1 Å². The van der Waals surface area contributed by atoms with Crippen LogP contribution < -0.4 is 20.9 Å². The van der Waals surface area contributed by atoms with E-state index in [4.69, 9.17) is 9.72 Å². The monoisotopic (exact) mass is 941 g/mol. The van der Waals surface area contributed by atoms with Crippen LogP contribution in [0.25, 0.3) is 22.2 Å². The maximum absolute atomic E-state index is 15.4. The van der Waals surface area contributed by atoms with Gasteiger partial charge < -0.3 is 24.4 Å². The fourth-order valence-electron chi connectivity index (χ4n) is 10.5. The van der Waals surface area contributed by atoms with Gasteiger partial charge in [0, 0.05) is 106 Å². The summed E-state index contributed by atoms with van der Waals surface area (Å²) in [6.45, 7) is 15.2. The van der Waals surface area contributed by atoms with Crippen LogP contribution in [-0.4, -0.2) is 123 Å². The fourth-order valence-corrected chi connectivity index (χ4v) is 10.5. The van der Waals surface area contributed by atoms with Gasteiger partial charge in [0.2, 0.25) is 11.8 Å². The summed E-state index contributed by atoms with van der Waals surface area (Å²) in [5.41, 5.74) is 6.60. The van der Waals surface area contributed by atoms with Gasteiger partial charge in [-0.25, -0.2) is 19.2 Å². The molecule has 364 valence electrons. The number of aryl methyl sites for hydroxylation is 1. The number of hydrogen-bond donors (Lipinski definition) is 3. The number of fused-ring (bicyclic) bond motifs is 1. The second-order valence-corrected chi connectivity index (χ2v) is 20.4. The van der Waals surface area contributed by atoms with E-state index in [2.05, 4.69) is 72.4 Å². The van der Waals surface area contributed by atoms with Gasteiger partial charge in [-0.1, -0.05) is 12.1 Å². The molecule has 7 heterocycles. The minimum absolute atomic E-state index is 0.105.